The van der Waals surface area contributed by atoms with E-state index in [4.69, 9.17) is 0 Å². The molecule has 0 unspecified atom stereocenters. The van der Waals surface area contributed by atoms with Crippen molar-refractivity contribution >= 4 is 31.9 Å². The van der Waals surface area contributed by atoms with Crippen LogP contribution in [0.15, 0.2) is 22.8 Å². The molecule has 2 heterocycles. The maximum atomic E-state index is 12.1. The van der Waals surface area contributed by atoms with Gasteiger partial charge in [-0.2, -0.15) is 0 Å². The minimum atomic E-state index is -3.14. The highest BCUT2D eigenvalue weighted by Crippen LogP contribution is 2.16. The average molecular weight is 362 g/mol. The number of carbonyl (C=O) groups is 1. The molecule has 1 N–H and O–H groups in total. The zero-order chi connectivity index (χ0) is 14.8. The van der Waals surface area contributed by atoms with Crippen molar-refractivity contribution in [1.29, 1.82) is 0 Å². The van der Waals surface area contributed by atoms with Gasteiger partial charge in [0, 0.05) is 29.8 Å². The summed E-state index contributed by atoms with van der Waals surface area (Å²) in [5.41, 5.74) is 0.345. The average Bonchev–Trinajstić information content (AvgIpc) is 2.38. The maximum Gasteiger partial charge on any atom is 0.271 e. The smallest absolute Gasteiger partial charge is 0.271 e. The van der Waals surface area contributed by atoms with Crippen molar-refractivity contribution in [3.05, 3.63) is 28.5 Å². The monoisotopic (exact) mass is 361 g/mol. The van der Waals surface area contributed by atoms with E-state index in [1.165, 1.54) is 10.6 Å². The van der Waals surface area contributed by atoms with Crippen molar-refractivity contribution in [3.8, 4) is 0 Å². The Balaban J connectivity index is 1.93. The zero-order valence-corrected chi connectivity index (χ0v) is 13.4. The molecular formula is C12H16BrN3O3S. The SMILES string of the molecule is CS(=O)(=O)N1CCC(NC(=O)c2ncccc2Br)CC1. The minimum Gasteiger partial charge on any atom is -0.348 e. The first kappa shape index (κ1) is 15.4. The van der Waals surface area contributed by atoms with E-state index in [2.05, 4.69) is 26.2 Å². The Morgan fingerprint density at radius 1 is 1.45 bits per heavy atom. The van der Waals surface area contributed by atoms with E-state index >= 15 is 0 Å². The molecule has 2 rings (SSSR count). The summed E-state index contributed by atoms with van der Waals surface area (Å²) in [5, 5.41) is 2.90. The summed E-state index contributed by atoms with van der Waals surface area (Å²) in [4.78, 5) is 16.1. The van der Waals surface area contributed by atoms with Crippen molar-refractivity contribution in [2.45, 2.75) is 18.9 Å². The van der Waals surface area contributed by atoms with Gasteiger partial charge in [0.15, 0.2) is 0 Å². The Morgan fingerprint density at radius 3 is 2.65 bits per heavy atom. The van der Waals surface area contributed by atoms with Gasteiger partial charge in [0.2, 0.25) is 10.0 Å². The second-order valence-corrected chi connectivity index (χ2v) is 7.58. The molecule has 1 amide bonds. The molecule has 0 atom stereocenters. The molecule has 0 radical (unpaired) electrons. The summed E-state index contributed by atoms with van der Waals surface area (Å²) in [7, 11) is -3.14. The molecular weight excluding hydrogens is 346 g/mol. The third kappa shape index (κ3) is 3.77. The molecule has 0 aliphatic carbocycles. The van der Waals surface area contributed by atoms with Crippen LogP contribution in [-0.4, -0.2) is 49.0 Å². The van der Waals surface area contributed by atoms with Crippen LogP contribution in [0.5, 0.6) is 0 Å². The normalized spacial score (nSPS) is 17.9. The number of aromatic nitrogens is 1. The summed E-state index contributed by atoms with van der Waals surface area (Å²) < 4.78 is 24.9. The van der Waals surface area contributed by atoms with Crippen LogP contribution in [0.2, 0.25) is 0 Å². The third-order valence-electron chi connectivity index (χ3n) is 3.23. The number of nitrogens with zero attached hydrogens (tertiary/aromatic N) is 2. The number of hydrogen-bond acceptors (Lipinski definition) is 4. The molecule has 1 aromatic rings. The maximum absolute atomic E-state index is 12.1. The summed E-state index contributed by atoms with van der Waals surface area (Å²) in [5.74, 6) is -0.240. The van der Waals surface area contributed by atoms with Crippen LogP contribution in [-0.2, 0) is 10.0 Å². The fraction of sp³-hybridized carbons (Fsp3) is 0.500. The number of hydrogen-bond donors (Lipinski definition) is 1. The van der Waals surface area contributed by atoms with Crippen LogP contribution in [0.25, 0.3) is 0 Å². The highest BCUT2D eigenvalue weighted by molar-refractivity contribution is 9.10. The van der Waals surface area contributed by atoms with E-state index in [1.807, 2.05) is 0 Å². The molecule has 0 saturated carbocycles. The van der Waals surface area contributed by atoms with Gasteiger partial charge in [0.25, 0.3) is 5.91 Å². The fourth-order valence-electron chi connectivity index (χ4n) is 2.14. The number of halogens is 1. The second kappa shape index (κ2) is 6.19. The number of sulfonamides is 1. The van der Waals surface area contributed by atoms with Crippen molar-refractivity contribution in [3.63, 3.8) is 0 Å². The Labute approximate surface area is 126 Å². The Kier molecular flexibility index (Phi) is 4.77. The van der Waals surface area contributed by atoms with Crippen molar-refractivity contribution in [1.82, 2.24) is 14.6 Å². The molecule has 1 saturated heterocycles. The molecule has 20 heavy (non-hydrogen) atoms. The molecule has 1 fully saturated rings. The highest BCUT2D eigenvalue weighted by atomic mass is 79.9. The van der Waals surface area contributed by atoms with Crippen molar-refractivity contribution in [2.75, 3.05) is 19.3 Å². The van der Waals surface area contributed by atoms with Gasteiger partial charge in [-0.05, 0) is 40.9 Å². The Bertz CT molecular complexity index is 598. The van der Waals surface area contributed by atoms with E-state index in [0.29, 0.717) is 36.1 Å². The lowest BCUT2D eigenvalue weighted by Gasteiger charge is -2.30. The quantitative estimate of drug-likeness (QED) is 0.870. The molecule has 1 aliphatic heterocycles. The highest BCUT2D eigenvalue weighted by Gasteiger charge is 2.26. The first-order valence-corrected chi connectivity index (χ1v) is 8.88. The molecule has 0 aromatic carbocycles. The van der Waals surface area contributed by atoms with Crippen molar-refractivity contribution < 1.29 is 13.2 Å². The fourth-order valence-corrected chi connectivity index (χ4v) is 3.45. The number of nitrogens with one attached hydrogen (secondary N) is 1. The molecule has 110 valence electrons. The zero-order valence-electron chi connectivity index (χ0n) is 11.0. The van der Waals surface area contributed by atoms with E-state index in [9.17, 15) is 13.2 Å². The summed E-state index contributed by atoms with van der Waals surface area (Å²) in [6, 6.07) is 3.48. The third-order valence-corrected chi connectivity index (χ3v) is 5.17. The largest absolute Gasteiger partial charge is 0.348 e. The van der Waals surface area contributed by atoms with Crippen LogP contribution in [0.4, 0.5) is 0 Å². The molecule has 1 aliphatic rings. The summed E-state index contributed by atoms with van der Waals surface area (Å²) in [6.07, 6.45) is 4.00. The summed E-state index contributed by atoms with van der Waals surface area (Å²) in [6.45, 7) is 0.875. The predicted molar refractivity (Wildman–Crippen MR) is 78.8 cm³/mol. The molecule has 8 heteroatoms. The number of amides is 1. The number of rotatable bonds is 3. The van der Waals surface area contributed by atoms with E-state index in [0.717, 1.165) is 0 Å². The van der Waals surface area contributed by atoms with E-state index in [-0.39, 0.29) is 11.9 Å². The second-order valence-electron chi connectivity index (χ2n) is 4.74. The van der Waals surface area contributed by atoms with Crippen LogP contribution >= 0.6 is 15.9 Å². The Hall–Kier alpha value is -0.990. The van der Waals surface area contributed by atoms with E-state index in [1.54, 1.807) is 18.3 Å². The summed E-state index contributed by atoms with van der Waals surface area (Å²) >= 11 is 3.29. The van der Waals surface area contributed by atoms with Gasteiger partial charge in [-0.3, -0.25) is 4.79 Å². The van der Waals surface area contributed by atoms with Crippen molar-refractivity contribution in [2.24, 2.45) is 0 Å². The number of carbonyl (C=O) groups excluding carboxylic acids is 1. The van der Waals surface area contributed by atoms with Gasteiger partial charge in [-0.25, -0.2) is 17.7 Å². The van der Waals surface area contributed by atoms with Crippen LogP contribution < -0.4 is 5.32 Å². The van der Waals surface area contributed by atoms with Gasteiger partial charge in [0.1, 0.15) is 5.69 Å². The first-order valence-electron chi connectivity index (χ1n) is 6.24. The van der Waals surface area contributed by atoms with Gasteiger partial charge in [-0.15, -0.1) is 0 Å². The molecule has 0 bridgehead atoms. The molecule has 1 aromatic heterocycles. The van der Waals surface area contributed by atoms with Gasteiger partial charge >= 0.3 is 0 Å². The molecule has 6 nitrogen and oxygen atoms in total. The van der Waals surface area contributed by atoms with E-state index < -0.39 is 10.0 Å². The topological polar surface area (TPSA) is 79.4 Å². The van der Waals surface area contributed by atoms with Crippen LogP contribution in [0.3, 0.4) is 0 Å². The lowest BCUT2D eigenvalue weighted by Crippen LogP contribution is -2.46. The Morgan fingerprint density at radius 2 is 2.10 bits per heavy atom. The number of pyridine rings is 1. The standard InChI is InChI=1S/C12H16BrN3O3S/c1-20(18,19)16-7-4-9(5-8-16)15-12(17)11-10(13)3-2-6-14-11/h2-3,6,9H,4-5,7-8H2,1H3,(H,15,17). The van der Waals surface area contributed by atoms with Gasteiger partial charge < -0.3 is 5.32 Å². The van der Waals surface area contributed by atoms with Crippen LogP contribution in [0, 0.1) is 0 Å². The predicted octanol–water partition coefficient (Wildman–Crippen LogP) is 0.998. The van der Waals surface area contributed by atoms with Crippen LogP contribution in [0.1, 0.15) is 23.3 Å². The van der Waals surface area contributed by atoms with Gasteiger partial charge in [-0.1, -0.05) is 0 Å². The lowest BCUT2D eigenvalue weighted by atomic mass is 10.1. The molecule has 0 spiro atoms. The lowest BCUT2D eigenvalue weighted by molar-refractivity contribution is 0.0918. The first-order chi connectivity index (χ1) is 9.38. The minimum absolute atomic E-state index is 0.0191. The number of piperidine rings is 1. The van der Waals surface area contributed by atoms with Gasteiger partial charge in [0.05, 0.1) is 6.26 Å².